The molecule has 0 spiro atoms. The van der Waals surface area contributed by atoms with Crippen LogP contribution in [-0.4, -0.2) is 29.9 Å². The summed E-state index contributed by atoms with van der Waals surface area (Å²) in [5.74, 6) is -0.454. The number of pyridine rings is 3. The van der Waals surface area contributed by atoms with Gasteiger partial charge in [-0.3, -0.25) is 15.0 Å². The molecule has 5 aromatic heterocycles. The second-order valence-electron chi connectivity index (χ2n) is 6.18. The predicted molar refractivity (Wildman–Crippen MR) is 104 cm³/mol. The smallest absolute Gasteiger partial charge is 0.157 e. The molecular formula is C21H13FN6. The summed E-state index contributed by atoms with van der Waals surface area (Å²) < 4.78 is 14.5. The number of rotatable bonds is 3. The van der Waals surface area contributed by atoms with Gasteiger partial charge in [-0.05, 0) is 36.4 Å². The number of aromatic nitrogens is 6. The van der Waals surface area contributed by atoms with E-state index in [-0.39, 0.29) is 0 Å². The van der Waals surface area contributed by atoms with Gasteiger partial charge in [-0.1, -0.05) is 0 Å². The summed E-state index contributed by atoms with van der Waals surface area (Å²) in [6.45, 7) is 0. The number of nitrogens with one attached hydrogen (secondary N) is 1. The number of hydrogen-bond donors (Lipinski definition) is 1. The summed E-state index contributed by atoms with van der Waals surface area (Å²) in [6, 6.07) is 11.0. The zero-order valence-electron chi connectivity index (χ0n) is 14.5. The van der Waals surface area contributed by atoms with Crippen molar-refractivity contribution in [3.05, 3.63) is 79.4 Å². The fourth-order valence-corrected chi connectivity index (χ4v) is 3.08. The molecule has 0 saturated carbocycles. The van der Waals surface area contributed by atoms with Crippen LogP contribution in [0.3, 0.4) is 0 Å². The molecule has 0 fully saturated rings. The van der Waals surface area contributed by atoms with E-state index in [1.165, 1.54) is 12.4 Å². The first-order valence-corrected chi connectivity index (χ1v) is 8.61. The van der Waals surface area contributed by atoms with Gasteiger partial charge in [-0.2, -0.15) is 0 Å². The lowest BCUT2D eigenvalue weighted by Gasteiger charge is -2.09. The monoisotopic (exact) mass is 368 g/mol. The number of aromatic amines is 1. The van der Waals surface area contributed by atoms with Crippen molar-refractivity contribution in [3.8, 4) is 33.8 Å². The highest BCUT2D eigenvalue weighted by atomic mass is 19.1. The SMILES string of the molecule is Fc1cnccc1-c1nc2cc(-c3cccnc3)[nH]c2nc1-c1cccnc1. The number of halogens is 1. The van der Waals surface area contributed by atoms with E-state index in [1.807, 2.05) is 30.3 Å². The molecule has 7 heteroatoms. The second kappa shape index (κ2) is 6.62. The van der Waals surface area contributed by atoms with Crippen molar-refractivity contribution >= 4 is 11.2 Å². The molecule has 5 rings (SSSR count). The summed E-state index contributed by atoms with van der Waals surface area (Å²) >= 11 is 0. The number of nitrogens with zero attached hydrogens (tertiary/aromatic N) is 5. The summed E-state index contributed by atoms with van der Waals surface area (Å²) in [7, 11) is 0. The standard InChI is InChI=1S/C21H13FN6/c22-16-12-25-8-5-15(16)20-19(14-4-2-7-24-11-14)28-21-18(26-20)9-17(27-21)13-3-1-6-23-10-13/h1-12H,(H,27,28). The molecule has 134 valence electrons. The van der Waals surface area contributed by atoms with Crippen LogP contribution in [0.5, 0.6) is 0 Å². The minimum Gasteiger partial charge on any atom is -0.338 e. The van der Waals surface area contributed by atoms with Crippen LogP contribution in [0.25, 0.3) is 44.9 Å². The Hall–Kier alpha value is -4.00. The summed E-state index contributed by atoms with van der Waals surface area (Å²) in [5.41, 5.74) is 5.08. The molecule has 0 amide bonds. The van der Waals surface area contributed by atoms with Crippen LogP contribution in [0.15, 0.2) is 73.6 Å². The third-order valence-electron chi connectivity index (χ3n) is 4.39. The van der Waals surface area contributed by atoms with E-state index in [9.17, 15) is 4.39 Å². The number of H-pyrrole nitrogens is 1. The summed E-state index contributed by atoms with van der Waals surface area (Å²) in [5, 5.41) is 0. The Balaban J connectivity index is 1.78. The lowest BCUT2D eigenvalue weighted by molar-refractivity contribution is 0.624. The first-order chi connectivity index (χ1) is 13.8. The fraction of sp³-hybridized carbons (Fsp3) is 0. The van der Waals surface area contributed by atoms with Crippen LogP contribution >= 0.6 is 0 Å². The number of fused-ring (bicyclic) bond motifs is 1. The van der Waals surface area contributed by atoms with Crippen LogP contribution in [-0.2, 0) is 0 Å². The van der Waals surface area contributed by atoms with Gasteiger partial charge in [0.25, 0.3) is 0 Å². The molecular weight excluding hydrogens is 355 g/mol. The van der Waals surface area contributed by atoms with Crippen molar-refractivity contribution in [3.63, 3.8) is 0 Å². The van der Waals surface area contributed by atoms with E-state index >= 15 is 0 Å². The molecule has 0 unspecified atom stereocenters. The second-order valence-corrected chi connectivity index (χ2v) is 6.18. The van der Waals surface area contributed by atoms with Crippen LogP contribution in [0.4, 0.5) is 4.39 Å². The van der Waals surface area contributed by atoms with Gasteiger partial charge in [0.2, 0.25) is 0 Å². The lowest BCUT2D eigenvalue weighted by atomic mass is 10.1. The molecule has 0 saturated heterocycles. The van der Waals surface area contributed by atoms with Crippen molar-refractivity contribution in [2.45, 2.75) is 0 Å². The fourth-order valence-electron chi connectivity index (χ4n) is 3.08. The normalized spacial score (nSPS) is 11.0. The van der Waals surface area contributed by atoms with Crippen LogP contribution in [0.1, 0.15) is 0 Å². The maximum absolute atomic E-state index is 14.5. The van der Waals surface area contributed by atoms with E-state index in [0.29, 0.717) is 28.1 Å². The maximum Gasteiger partial charge on any atom is 0.157 e. The largest absolute Gasteiger partial charge is 0.338 e. The maximum atomic E-state index is 14.5. The summed E-state index contributed by atoms with van der Waals surface area (Å²) in [6.07, 6.45) is 9.55. The van der Waals surface area contributed by atoms with Crippen molar-refractivity contribution < 1.29 is 4.39 Å². The highest BCUT2D eigenvalue weighted by Gasteiger charge is 2.18. The molecule has 0 aliphatic heterocycles. The van der Waals surface area contributed by atoms with Gasteiger partial charge in [-0.15, -0.1) is 0 Å². The van der Waals surface area contributed by atoms with Crippen molar-refractivity contribution in [2.75, 3.05) is 0 Å². The van der Waals surface area contributed by atoms with Gasteiger partial charge >= 0.3 is 0 Å². The van der Waals surface area contributed by atoms with Crippen molar-refractivity contribution in [2.24, 2.45) is 0 Å². The molecule has 6 nitrogen and oxygen atoms in total. The van der Waals surface area contributed by atoms with Gasteiger partial charge in [0.15, 0.2) is 11.5 Å². The van der Waals surface area contributed by atoms with E-state index in [1.54, 1.807) is 30.9 Å². The molecule has 5 heterocycles. The molecule has 0 radical (unpaired) electrons. The Bertz CT molecular complexity index is 1270. The molecule has 5 aromatic rings. The Morgan fingerprint density at radius 1 is 0.750 bits per heavy atom. The average molecular weight is 368 g/mol. The van der Waals surface area contributed by atoms with Crippen LogP contribution in [0, 0.1) is 5.82 Å². The zero-order valence-corrected chi connectivity index (χ0v) is 14.5. The van der Waals surface area contributed by atoms with E-state index in [4.69, 9.17) is 9.97 Å². The van der Waals surface area contributed by atoms with Gasteiger partial charge in [0.05, 0.1) is 11.9 Å². The van der Waals surface area contributed by atoms with Gasteiger partial charge in [-0.25, -0.2) is 14.4 Å². The van der Waals surface area contributed by atoms with Crippen molar-refractivity contribution in [1.29, 1.82) is 0 Å². The average Bonchev–Trinajstić information content (AvgIpc) is 3.18. The van der Waals surface area contributed by atoms with E-state index < -0.39 is 5.82 Å². The first-order valence-electron chi connectivity index (χ1n) is 8.61. The third kappa shape index (κ3) is 2.79. The Morgan fingerprint density at radius 3 is 2.21 bits per heavy atom. The zero-order chi connectivity index (χ0) is 18.9. The van der Waals surface area contributed by atoms with Gasteiger partial charge in [0.1, 0.15) is 16.9 Å². The van der Waals surface area contributed by atoms with E-state index in [0.717, 1.165) is 16.8 Å². The van der Waals surface area contributed by atoms with E-state index in [2.05, 4.69) is 19.9 Å². The van der Waals surface area contributed by atoms with Gasteiger partial charge < -0.3 is 4.98 Å². The molecule has 0 bridgehead atoms. The predicted octanol–water partition coefficient (Wildman–Crippen LogP) is 4.28. The van der Waals surface area contributed by atoms with Gasteiger partial charge in [0, 0.05) is 47.7 Å². The highest BCUT2D eigenvalue weighted by Crippen LogP contribution is 2.32. The Morgan fingerprint density at radius 2 is 1.50 bits per heavy atom. The Labute approximate surface area is 159 Å². The number of hydrogen-bond acceptors (Lipinski definition) is 5. The van der Waals surface area contributed by atoms with Crippen LogP contribution in [0.2, 0.25) is 0 Å². The third-order valence-corrected chi connectivity index (χ3v) is 4.39. The Kier molecular flexibility index (Phi) is 3.83. The van der Waals surface area contributed by atoms with Crippen molar-refractivity contribution in [1.82, 2.24) is 29.9 Å². The molecule has 0 atom stereocenters. The lowest BCUT2D eigenvalue weighted by Crippen LogP contribution is -1.97. The minimum atomic E-state index is -0.454. The summed E-state index contributed by atoms with van der Waals surface area (Å²) in [4.78, 5) is 24.9. The highest BCUT2D eigenvalue weighted by molar-refractivity contribution is 5.87. The molecule has 0 aliphatic carbocycles. The first kappa shape index (κ1) is 16.2. The molecule has 1 N–H and O–H groups in total. The van der Waals surface area contributed by atoms with Crippen LogP contribution < -0.4 is 0 Å². The minimum absolute atomic E-state index is 0.340. The quantitative estimate of drug-likeness (QED) is 0.514. The topological polar surface area (TPSA) is 80.2 Å². The molecule has 0 aromatic carbocycles. The molecule has 0 aliphatic rings. The molecule has 28 heavy (non-hydrogen) atoms.